The number of aliphatic hydroxyl groups is 1. The van der Waals surface area contributed by atoms with Crippen LogP contribution in [0.3, 0.4) is 0 Å². The van der Waals surface area contributed by atoms with Crippen LogP contribution in [0.5, 0.6) is 0 Å². The first kappa shape index (κ1) is 11.5. The van der Waals surface area contributed by atoms with Gasteiger partial charge in [-0.15, -0.1) is 0 Å². The van der Waals surface area contributed by atoms with Crippen LogP contribution < -0.4 is 0 Å². The van der Waals surface area contributed by atoms with E-state index >= 15 is 0 Å². The summed E-state index contributed by atoms with van der Waals surface area (Å²) in [4.78, 5) is 13.2. The van der Waals surface area contributed by atoms with Gasteiger partial charge in [-0.05, 0) is 26.7 Å². The maximum atomic E-state index is 11.5. The number of hydrogen-bond acceptors (Lipinski definition) is 3. The maximum Gasteiger partial charge on any atom is 0.248 e. The summed E-state index contributed by atoms with van der Waals surface area (Å²) in [5, 5.41) is 9.37. The molecule has 0 radical (unpaired) electrons. The van der Waals surface area contributed by atoms with Crippen molar-refractivity contribution in [2.75, 3.05) is 19.7 Å². The highest BCUT2D eigenvalue weighted by atomic mass is 16.5. The number of amides is 1. The van der Waals surface area contributed by atoms with Crippen molar-refractivity contribution < 1.29 is 14.6 Å². The molecule has 0 aliphatic carbocycles. The van der Waals surface area contributed by atoms with Crippen molar-refractivity contribution in [2.24, 2.45) is 0 Å². The van der Waals surface area contributed by atoms with Gasteiger partial charge in [0, 0.05) is 13.1 Å². The van der Waals surface area contributed by atoms with Gasteiger partial charge in [-0.2, -0.15) is 0 Å². The molecule has 82 valence electrons. The van der Waals surface area contributed by atoms with Crippen molar-refractivity contribution in [3.63, 3.8) is 0 Å². The minimum absolute atomic E-state index is 0.0162. The topological polar surface area (TPSA) is 49.8 Å². The van der Waals surface area contributed by atoms with Crippen LogP contribution in [-0.4, -0.2) is 47.8 Å². The Labute approximate surface area is 84.8 Å². The van der Waals surface area contributed by atoms with Crippen LogP contribution in [0.1, 0.15) is 26.7 Å². The van der Waals surface area contributed by atoms with Gasteiger partial charge in [-0.25, -0.2) is 0 Å². The van der Waals surface area contributed by atoms with E-state index in [1.54, 1.807) is 4.90 Å². The highest BCUT2D eigenvalue weighted by molar-refractivity contribution is 5.77. The molecule has 0 aromatic heterocycles. The Hall–Kier alpha value is -0.610. The number of carbonyl (C=O) groups is 1. The minimum atomic E-state index is -0.355. The van der Waals surface area contributed by atoms with Gasteiger partial charge in [0.15, 0.2) is 0 Å². The smallest absolute Gasteiger partial charge is 0.248 e. The summed E-state index contributed by atoms with van der Waals surface area (Å²) in [6, 6.07) is 0. The molecule has 0 spiro atoms. The first-order valence-electron chi connectivity index (χ1n) is 5.17. The monoisotopic (exact) mass is 201 g/mol. The highest BCUT2D eigenvalue weighted by Gasteiger charge is 2.21. The predicted octanol–water partition coefficient (Wildman–Crippen LogP) is 0.395. The Morgan fingerprint density at radius 2 is 2.36 bits per heavy atom. The van der Waals surface area contributed by atoms with Gasteiger partial charge < -0.3 is 14.7 Å². The largest absolute Gasteiger partial charge is 0.391 e. The van der Waals surface area contributed by atoms with E-state index in [1.165, 1.54) is 0 Å². The molecule has 1 aliphatic rings. The molecule has 1 atom stereocenters. The number of likely N-dealkylation sites (tertiary alicyclic amines) is 1. The van der Waals surface area contributed by atoms with Crippen LogP contribution >= 0.6 is 0 Å². The van der Waals surface area contributed by atoms with Crippen molar-refractivity contribution in [1.29, 1.82) is 0 Å². The fourth-order valence-electron chi connectivity index (χ4n) is 1.51. The Morgan fingerprint density at radius 3 is 2.93 bits per heavy atom. The van der Waals surface area contributed by atoms with E-state index in [-0.39, 0.29) is 24.7 Å². The summed E-state index contributed by atoms with van der Waals surface area (Å²) in [5.41, 5.74) is 0. The third-order valence-corrected chi connectivity index (χ3v) is 2.29. The quantitative estimate of drug-likeness (QED) is 0.719. The second-order valence-electron chi connectivity index (χ2n) is 4.00. The normalized spacial score (nSPS) is 22.9. The average Bonchev–Trinajstić information content (AvgIpc) is 2.14. The molecular formula is C10H19NO3. The van der Waals surface area contributed by atoms with Crippen LogP contribution in [0.25, 0.3) is 0 Å². The minimum Gasteiger partial charge on any atom is -0.391 e. The molecule has 1 aliphatic heterocycles. The maximum absolute atomic E-state index is 11.5. The molecule has 1 N–H and O–H groups in total. The molecule has 0 aromatic rings. The first-order chi connectivity index (χ1) is 6.59. The molecule has 1 fully saturated rings. The first-order valence-corrected chi connectivity index (χ1v) is 5.17. The molecule has 1 heterocycles. The van der Waals surface area contributed by atoms with E-state index in [0.29, 0.717) is 6.54 Å². The highest BCUT2D eigenvalue weighted by Crippen LogP contribution is 2.09. The summed E-state index contributed by atoms with van der Waals surface area (Å²) in [5.74, 6) is -0.0162. The number of piperidine rings is 1. The zero-order valence-corrected chi connectivity index (χ0v) is 8.90. The number of hydrogen-bond donors (Lipinski definition) is 1. The Kier molecular flexibility index (Phi) is 4.35. The van der Waals surface area contributed by atoms with Gasteiger partial charge in [-0.3, -0.25) is 4.79 Å². The second kappa shape index (κ2) is 5.32. The van der Waals surface area contributed by atoms with Gasteiger partial charge in [0.05, 0.1) is 12.2 Å². The molecule has 0 bridgehead atoms. The van der Waals surface area contributed by atoms with Crippen LogP contribution in [0, 0.1) is 0 Å². The van der Waals surface area contributed by atoms with Crippen molar-refractivity contribution >= 4 is 5.91 Å². The van der Waals surface area contributed by atoms with Crippen LogP contribution in [0.15, 0.2) is 0 Å². The van der Waals surface area contributed by atoms with Gasteiger partial charge in [-0.1, -0.05) is 0 Å². The second-order valence-corrected chi connectivity index (χ2v) is 4.00. The summed E-state index contributed by atoms with van der Waals surface area (Å²) in [6.45, 7) is 5.14. The number of aliphatic hydroxyl groups excluding tert-OH is 1. The van der Waals surface area contributed by atoms with E-state index in [2.05, 4.69) is 0 Å². The number of nitrogens with zero attached hydrogens (tertiary/aromatic N) is 1. The fourth-order valence-corrected chi connectivity index (χ4v) is 1.51. The molecule has 1 saturated heterocycles. The molecule has 0 unspecified atom stereocenters. The molecule has 1 rings (SSSR count). The lowest BCUT2D eigenvalue weighted by Crippen LogP contribution is -2.44. The average molecular weight is 201 g/mol. The van der Waals surface area contributed by atoms with Gasteiger partial charge in [0.2, 0.25) is 5.91 Å². The third-order valence-electron chi connectivity index (χ3n) is 2.29. The van der Waals surface area contributed by atoms with Crippen molar-refractivity contribution in [3.8, 4) is 0 Å². The van der Waals surface area contributed by atoms with Crippen LogP contribution in [0.4, 0.5) is 0 Å². The zero-order chi connectivity index (χ0) is 10.6. The van der Waals surface area contributed by atoms with E-state index in [4.69, 9.17) is 4.74 Å². The van der Waals surface area contributed by atoms with E-state index < -0.39 is 0 Å². The van der Waals surface area contributed by atoms with Crippen LogP contribution in [0.2, 0.25) is 0 Å². The van der Waals surface area contributed by atoms with Crippen molar-refractivity contribution in [3.05, 3.63) is 0 Å². The van der Waals surface area contributed by atoms with Crippen molar-refractivity contribution in [2.45, 2.75) is 38.9 Å². The zero-order valence-electron chi connectivity index (χ0n) is 8.90. The lowest BCUT2D eigenvalue weighted by molar-refractivity contribution is -0.140. The van der Waals surface area contributed by atoms with Gasteiger partial charge >= 0.3 is 0 Å². The molecule has 14 heavy (non-hydrogen) atoms. The Morgan fingerprint density at radius 1 is 1.64 bits per heavy atom. The predicted molar refractivity (Wildman–Crippen MR) is 52.9 cm³/mol. The molecule has 0 saturated carbocycles. The van der Waals surface area contributed by atoms with Crippen LogP contribution in [-0.2, 0) is 9.53 Å². The van der Waals surface area contributed by atoms with E-state index in [1.807, 2.05) is 13.8 Å². The Bertz CT molecular complexity index is 194. The number of rotatable bonds is 3. The SMILES string of the molecule is CC(C)OCC(=O)N1CCC[C@@H](O)C1. The lowest BCUT2D eigenvalue weighted by Gasteiger charge is -2.30. The van der Waals surface area contributed by atoms with Crippen molar-refractivity contribution in [1.82, 2.24) is 4.90 Å². The number of ether oxygens (including phenoxy) is 1. The summed E-state index contributed by atoms with van der Waals surface area (Å²) in [7, 11) is 0. The van der Waals surface area contributed by atoms with E-state index in [9.17, 15) is 9.90 Å². The van der Waals surface area contributed by atoms with E-state index in [0.717, 1.165) is 19.4 Å². The van der Waals surface area contributed by atoms with Gasteiger partial charge in [0.25, 0.3) is 0 Å². The van der Waals surface area contributed by atoms with Gasteiger partial charge in [0.1, 0.15) is 6.61 Å². The molecular weight excluding hydrogens is 182 g/mol. The number of β-amino-alcohol motifs (C(OH)–C–C–N with tert-alkyl or cyclic N) is 1. The summed E-state index contributed by atoms with van der Waals surface area (Å²) >= 11 is 0. The summed E-state index contributed by atoms with van der Waals surface area (Å²) < 4.78 is 5.22. The Balaban J connectivity index is 2.29. The molecule has 0 aromatic carbocycles. The third kappa shape index (κ3) is 3.64. The fraction of sp³-hybridized carbons (Fsp3) is 0.900. The molecule has 1 amide bonds. The standard InChI is InChI=1S/C10H19NO3/c1-8(2)14-7-10(13)11-5-3-4-9(12)6-11/h8-9,12H,3-7H2,1-2H3/t9-/m1/s1. The molecule has 4 heteroatoms. The lowest BCUT2D eigenvalue weighted by atomic mass is 10.1. The number of carbonyl (C=O) groups excluding carboxylic acids is 1. The summed E-state index contributed by atoms with van der Waals surface area (Å²) in [6.07, 6.45) is 1.41. The molecule has 4 nitrogen and oxygen atoms in total.